The van der Waals surface area contributed by atoms with E-state index in [9.17, 15) is 0 Å². The summed E-state index contributed by atoms with van der Waals surface area (Å²) in [4.78, 5) is 0. The molecule has 0 heteroatoms. The van der Waals surface area contributed by atoms with Gasteiger partial charge in [0.25, 0.3) is 0 Å². The van der Waals surface area contributed by atoms with Crippen LogP contribution in [0, 0.1) is 27.7 Å². The second-order valence-electron chi connectivity index (χ2n) is 8.84. The van der Waals surface area contributed by atoms with E-state index < -0.39 is 0 Å². The lowest BCUT2D eigenvalue weighted by Crippen LogP contribution is -1.87. The first-order valence-corrected chi connectivity index (χ1v) is 11.3. The van der Waals surface area contributed by atoms with Crippen molar-refractivity contribution in [3.05, 3.63) is 119 Å². The van der Waals surface area contributed by atoms with Crippen molar-refractivity contribution >= 4 is 43.1 Å². The normalized spacial score (nSPS) is 11.1. The van der Waals surface area contributed by atoms with E-state index in [1.54, 1.807) is 0 Å². The lowest BCUT2D eigenvalue weighted by atomic mass is 9.93. The second kappa shape index (κ2) is 8.13. The smallest absolute Gasteiger partial charge is 0.0146 e. The SMILES string of the molecule is Cc1c2ccccc2c(C)c2ccccc12.Cc1cc(C)c2cc3ccccc3cc2c1. The van der Waals surface area contributed by atoms with Crippen molar-refractivity contribution < 1.29 is 0 Å². The van der Waals surface area contributed by atoms with Gasteiger partial charge in [-0.2, -0.15) is 0 Å². The Bertz CT molecular complexity index is 1480. The highest BCUT2D eigenvalue weighted by molar-refractivity contribution is 6.05. The zero-order valence-corrected chi connectivity index (χ0v) is 19.2. The van der Waals surface area contributed by atoms with Gasteiger partial charge in [0.05, 0.1) is 0 Å². The molecule has 0 bridgehead atoms. The molecule has 156 valence electrons. The number of benzene rings is 6. The van der Waals surface area contributed by atoms with Crippen molar-refractivity contribution in [2.24, 2.45) is 0 Å². The fourth-order valence-electron chi connectivity index (χ4n) is 4.99. The Morgan fingerprint density at radius 3 is 1.31 bits per heavy atom. The predicted octanol–water partition coefficient (Wildman–Crippen LogP) is 9.22. The molecule has 6 rings (SSSR count). The lowest BCUT2D eigenvalue weighted by molar-refractivity contribution is 1.43. The standard InChI is InChI=1S/2C16H14/c1-11-13-7-3-5-9-15(13)12(2)16-10-6-4-8-14(11)16;1-11-7-12(2)16-10-14-6-4-3-5-13(14)9-15(16)8-11/h2*3-10H,1-2H3. The molecule has 0 nitrogen and oxygen atoms in total. The Balaban J connectivity index is 0.000000135. The van der Waals surface area contributed by atoms with Crippen molar-refractivity contribution in [2.45, 2.75) is 27.7 Å². The molecular weight excluding hydrogens is 384 g/mol. The minimum atomic E-state index is 1.32. The van der Waals surface area contributed by atoms with Gasteiger partial charge in [-0.1, -0.05) is 90.5 Å². The monoisotopic (exact) mass is 412 g/mol. The number of rotatable bonds is 0. The van der Waals surface area contributed by atoms with Crippen LogP contribution in [0.3, 0.4) is 0 Å². The molecule has 6 aromatic carbocycles. The van der Waals surface area contributed by atoms with Gasteiger partial charge in [-0.05, 0) is 99.6 Å². The maximum absolute atomic E-state index is 2.29. The van der Waals surface area contributed by atoms with Crippen LogP contribution in [0.15, 0.2) is 97.1 Å². The molecule has 0 spiro atoms. The molecule has 0 atom stereocenters. The highest BCUT2D eigenvalue weighted by Gasteiger charge is 2.06. The van der Waals surface area contributed by atoms with Gasteiger partial charge >= 0.3 is 0 Å². The summed E-state index contributed by atoms with van der Waals surface area (Å²) in [6.07, 6.45) is 0. The Kier molecular flexibility index (Phi) is 5.15. The summed E-state index contributed by atoms with van der Waals surface area (Å²) < 4.78 is 0. The number of hydrogen-bond acceptors (Lipinski definition) is 0. The third-order valence-electron chi connectivity index (χ3n) is 6.64. The van der Waals surface area contributed by atoms with Crippen LogP contribution in [-0.2, 0) is 0 Å². The van der Waals surface area contributed by atoms with Crippen LogP contribution in [-0.4, -0.2) is 0 Å². The van der Waals surface area contributed by atoms with Crippen LogP contribution < -0.4 is 0 Å². The Labute approximate surface area is 190 Å². The lowest BCUT2D eigenvalue weighted by Gasteiger charge is -2.11. The third-order valence-corrected chi connectivity index (χ3v) is 6.64. The van der Waals surface area contributed by atoms with Crippen molar-refractivity contribution in [3.63, 3.8) is 0 Å². The van der Waals surface area contributed by atoms with Crippen molar-refractivity contribution in [3.8, 4) is 0 Å². The summed E-state index contributed by atoms with van der Waals surface area (Å²) in [5, 5.41) is 10.8. The largest absolute Gasteiger partial charge is 0.0616 e. The van der Waals surface area contributed by atoms with Crippen LogP contribution in [0.5, 0.6) is 0 Å². The average molecular weight is 413 g/mol. The van der Waals surface area contributed by atoms with Crippen LogP contribution in [0.25, 0.3) is 43.1 Å². The predicted molar refractivity (Wildman–Crippen MR) is 142 cm³/mol. The van der Waals surface area contributed by atoms with Gasteiger partial charge in [0.1, 0.15) is 0 Å². The maximum Gasteiger partial charge on any atom is -0.0146 e. The van der Waals surface area contributed by atoms with Gasteiger partial charge in [-0.3, -0.25) is 0 Å². The van der Waals surface area contributed by atoms with E-state index in [2.05, 4.69) is 125 Å². The zero-order valence-electron chi connectivity index (χ0n) is 19.2. The van der Waals surface area contributed by atoms with Crippen LogP contribution >= 0.6 is 0 Å². The molecule has 0 fully saturated rings. The molecule has 0 amide bonds. The molecular formula is C32H28. The molecule has 0 saturated heterocycles. The quantitative estimate of drug-likeness (QED) is 0.218. The highest BCUT2D eigenvalue weighted by Crippen LogP contribution is 2.31. The minimum Gasteiger partial charge on any atom is -0.0616 e. The number of aryl methyl sites for hydroxylation is 4. The highest BCUT2D eigenvalue weighted by atomic mass is 14.1. The van der Waals surface area contributed by atoms with Crippen LogP contribution in [0.1, 0.15) is 22.3 Å². The summed E-state index contributed by atoms with van der Waals surface area (Å²) in [6, 6.07) is 34.9. The summed E-state index contributed by atoms with van der Waals surface area (Å²) in [5.41, 5.74) is 5.47. The molecule has 0 aromatic heterocycles. The zero-order chi connectivity index (χ0) is 22.2. The van der Waals surface area contributed by atoms with E-state index in [0.717, 1.165) is 0 Å². The van der Waals surface area contributed by atoms with Gasteiger partial charge in [-0.15, -0.1) is 0 Å². The van der Waals surface area contributed by atoms with Gasteiger partial charge in [0.2, 0.25) is 0 Å². The van der Waals surface area contributed by atoms with E-state index >= 15 is 0 Å². The Morgan fingerprint density at radius 2 is 0.812 bits per heavy atom. The molecule has 0 aliphatic carbocycles. The van der Waals surface area contributed by atoms with Gasteiger partial charge in [-0.25, -0.2) is 0 Å². The van der Waals surface area contributed by atoms with E-state index in [-0.39, 0.29) is 0 Å². The average Bonchev–Trinajstić information content (AvgIpc) is 2.82. The minimum absolute atomic E-state index is 1.32. The summed E-state index contributed by atoms with van der Waals surface area (Å²) in [6.45, 7) is 8.76. The molecule has 32 heavy (non-hydrogen) atoms. The molecule has 0 aliphatic rings. The third kappa shape index (κ3) is 3.52. The Hall–Kier alpha value is -3.64. The first-order valence-electron chi connectivity index (χ1n) is 11.3. The summed E-state index contributed by atoms with van der Waals surface area (Å²) >= 11 is 0. The van der Waals surface area contributed by atoms with E-state index in [1.165, 1.54) is 65.3 Å². The van der Waals surface area contributed by atoms with E-state index in [4.69, 9.17) is 0 Å². The molecule has 0 heterocycles. The van der Waals surface area contributed by atoms with Crippen molar-refractivity contribution in [1.82, 2.24) is 0 Å². The Morgan fingerprint density at radius 1 is 0.375 bits per heavy atom. The van der Waals surface area contributed by atoms with Crippen LogP contribution in [0.2, 0.25) is 0 Å². The summed E-state index contributed by atoms with van der Waals surface area (Å²) in [7, 11) is 0. The van der Waals surface area contributed by atoms with Gasteiger partial charge in [0, 0.05) is 0 Å². The number of fused-ring (bicyclic) bond motifs is 4. The first kappa shape index (κ1) is 20.3. The van der Waals surface area contributed by atoms with Gasteiger partial charge in [0.15, 0.2) is 0 Å². The van der Waals surface area contributed by atoms with E-state index in [1.807, 2.05) is 0 Å². The molecule has 0 aliphatic heterocycles. The fourth-order valence-corrected chi connectivity index (χ4v) is 4.99. The summed E-state index contributed by atoms with van der Waals surface area (Å²) in [5.74, 6) is 0. The second-order valence-corrected chi connectivity index (χ2v) is 8.84. The maximum atomic E-state index is 2.29. The fraction of sp³-hybridized carbons (Fsp3) is 0.125. The molecule has 0 unspecified atom stereocenters. The van der Waals surface area contributed by atoms with Crippen molar-refractivity contribution in [1.29, 1.82) is 0 Å². The van der Waals surface area contributed by atoms with Gasteiger partial charge < -0.3 is 0 Å². The molecule has 0 saturated carbocycles. The molecule has 6 aromatic rings. The number of hydrogen-bond donors (Lipinski definition) is 0. The molecule has 0 radical (unpaired) electrons. The van der Waals surface area contributed by atoms with Crippen molar-refractivity contribution in [2.75, 3.05) is 0 Å². The topological polar surface area (TPSA) is 0 Å². The van der Waals surface area contributed by atoms with E-state index in [0.29, 0.717) is 0 Å². The molecule has 0 N–H and O–H groups in total. The first-order chi connectivity index (χ1) is 15.5. The van der Waals surface area contributed by atoms with Crippen LogP contribution in [0.4, 0.5) is 0 Å².